The normalized spacial score (nSPS) is 11.0. The van der Waals surface area contributed by atoms with Crippen molar-refractivity contribution in [2.24, 2.45) is 0 Å². The minimum atomic E-state index is -0.747. The Labute approximate surface area is 124 Å². The quantitative estimate of drug-likeness (QED) is 0.782. The monoisotopic (exact) mass is 287 g/mol. The molecule has 112 valence electrons. The van der Waals surface area contributed by atoms with Crippen molar-refractivity contribution in [2.45, 2.75) is 19.3 Å². The third-order valence-electron chi connectivity index (χ3n) is 3.39. The van der Waals surface area contributed by atoms with Crippen molar-refractivity contribution in [3.63, 3.8) is 0 Å². The fourth-order valence-corrected chi connectivity index (χ4v) is 2.18. The third-order valence-corrected chi connectivity index (χ3v) is 3.39. The van der Waals surface area contributed by atoms with Crippen molar-refractivity contribution in [1.82, 2.24) is 15.1 Å². The van der Waals surface area contributed by atoms with Gasteiger partial charge >= 0.3 is 5.97 Å². The largest absolute Gasteiger partial charge is 0.481 e. The molecule has 0 amide bonds. The summed E-state index contributed by atoms with van der Waals surface area (Å²) >= 11 is 0. The van der Waals surface area contributed by atoms with Crippen LogP contribution < -0.4 is 0 Å². The van der Waals surface area contributed by atoms with E-state index < -0.39 is 5.97 Å². The summed E-state index contributed by atoms with van der Waals surface area (Å²) in [5.74, 6) is -0.747. The van der Waals surface area contributed by atoms with E-state index >= 15 is 0 Å². The van der Waals surface area contributed by atoms with Crippen LogP contribution in [0.25, 0.3) is 11.3 Å². The van der Waals surface area contributed by atoms with E-state index in [1.54, 1.807) is 0 Å². The molecule has 1 aromatic carbocycles. The van der Waals surface area contributed by atoms with E-state index in [0.29, 0.717) is 6.54 Å². The molecule has 0 unspecified atom stereocenters. The number of hydrogen-bond donors (Lipinski definition) is 2. The summed E-state index contributed by atoms with van der Waals surface area (Å²) in [5, 5.41) is 16.0. The number of rotatable bonds is 8. The lowest BCUT2D eigenvalue weighted by Gasteiger charge is -2.14. The number of aryl methyl sites for hydroxylation is 1. The molecule has 21 heavy (non-hydrogen) atoms. The van der Waals surface area contributed by atoms with Gasteiger partial charge in [0.25, 0.3) is 0 Å². The Balaban J connectivity index is 1.77. The van der Waals surface area contributed by atoms with Gasteiger partial charge in [0, 0.05) is 17.8 Å². The first-order chi connectivity index (χ1) is 10.1. The lowest BCUT2D eigenvalue weighted by atomic mass is 10.1. The number of H-pyrrole nitrogens is 1. The van der Waals surface area contributed by atoms with Crippen LogP contribution in [0.4, 0.5) is 0 Å². The van der Waals surface area contributed by atoms with Crippen LogP contribution in [0.5, 0.6) is 0 Å². The van der Waals surface area contributed by atoms with Crippen molar-refractivity contribution in [3.05, 3.63) is 42.1 Å². The molecule has 0 aliphatic carbocycles. The molecule has 0 saturated heterocycles. The fourth-order valence-electron chi connectivity index (χ4n) is 2.18. The summed E-state index contributed by atoms with van der Waals surface area (Å²) < 4.78 is 0. The number of benzene rings is 1. The van der Waals surface area contributed by atoms with Gasteiger partial charge in [0.2, 0.25) is 0 Å². The molecule has 0 spiro atoms. The van der Waals surface area contributed by atoms with Crippen LogP contribution in [0.1, 0.15) is 18.5 Å². The summed E-state index contributed by atoms with van der Waals surface area (Å²) in [4.78, 5) is 12.5. The molecule has 5 nitrogen and oxygen atoms in total. The van der Waals surface area contributed by atoms with E-state index in [1.165, 1.54) is 0 Å². The highest BCUT2D eigenvalue weighted by Crippen LogP contribution is 2.17. The Morgan fingerprint density at radius 3 is 2.76 bits per heavy atom. The zero-order valence-corrected chi connectivity index (χ0v) is 12.2. The second-order valence-electron chi connectivity index (χ2n) is 5.20. The van der Waals surface area contributed by atoms with Gasteiger partial charge in [0.15, 0.2) is 0 Å². The average Bonchev–Trinajstić information content (AvgIpc) is 2.95. The highest BCUT2D eigenvalue weighted by Gasteiger charge is 2.05. The van der Waals surface area contributed by atoms with Gasteiger partial charge in [-0.25, -0.2) is 0 Å². The molecule has 2 rings (SSSR count). The summed E-state index contributed by atoms with van der Waals surface area (Å²) in [7, 11) is 1.95. The molecule has 0 saturated carbocycles. The molecule has 0 atom stereocenters. The molecule has 2 N–H and O–H groups in total. The summed E-state index contributed by atoms with van der Waals surface area (Å²) in [6, 6.07) is 12.2. The third kappa shape index (κ3) is 5.04. The van der Waals surface area contributed by atoms with E-state index in [9.17, 15) is 4.79 Å². The van der Waals surface area contributed by atoms with Gasteiger partial charge in [-0.15, -0.1) is 0 Å². The maximum absolute atomic E-state index is 10.5. The average molecular weight is 287 g/mol. The van der Waals surface area contributed by atoms with Gasteiger partial charge in [0.05, 0.1) is 12.1 Å². The maximum Gasteiger partial charge on any atom is 0.304 e. The molecular formula is C16H21N3O2. The molecule has 0 aliphatic heterocycles. The van der Waals surface area contributed by atoms with Crippen molar-refractivity contribution in [1.29, 1.82) is 0 Å². The van der Waals surface area contributed by atoms with Gasteiger partial charge in [-0.2, -0.15) is 5.10 Å². The van der Waals surface area contributed by atoms with Crippen LogP contribution in [0.3, 0.4) is 0 Å². The minimum absolute atomic E-state index is 0.193. The number of nitrogens with one attached hydrogen (secondary N) is 1. The molecule has 1 aromatic heterocycles. The van der Waals surface area contributed by atoms with E-state index in [0.717, 1.165) is 36.3 Å². The second-order valence-corrected chi connectivity index (χ2v) is 5.20. The summed E-state index contributed by atoms with van der Waals surface area (Å²) in [6.45, 7) is 1.47. The van der Waals surface area contributed by atoms with E-state index in [2.05, 4.69) is 16.3 Å². The van der Waals surface area contributed by atoms with Crippen molar-refractivity contribution < 1.29 is 9.90 Å². The van der Waals surface area contributed by atoms with Crippen LogP contribution >= 0.6 is 0 Å². The van der Waals surface area contributed by atoms with Gasteiger partial charge in [-0.1, -0.05) is 30.3 Å². The zero-order valence-electron chi connectivity index (χ0n) is 12.2. The highest BCUT2D eigenvalue weighted by molar-refractivity contribution is 5.66. The summed E-state index contributed by atoms with van der Waals surface area (Å²) in [6.07, 6.45) is 2.09. The molecule has 2 aromatic rings. The van der Waals surface area contributed by atoms with Crippen LogP contribution in [0.15, 0.2) is 36.4 Å². The highest BCUT2D eigenvalue weighted by atomic mass is 16.4. The second kappa shape index (κ2) is 7.59. The number of carboxylic acid groups (broad SMARTS) is 1. The first-order valence-electron chi connectivity index (χ1n) is 7.15. The Kier molecular flexibility index (Phi) is 5.51. The van der Waals surface area contributed by atoms with Gasteiger partial charge < -0.3 is 10.0 Å². The van der Waals surface area contributed by atoms with Crippen LogP contribution in [0, 0.1) is 0 Å². The van der Waals surface area contributed by atoms with Crippen LogP contribution in [-0.4, -0.2) is 46.3 Å². The van der Waals surface area contributed by atoms with Crippen molar-refractivity contribution in [2.75, 3.05) is 20.1 Å². The molecule has 1 heterocycles. The Morgan fingerprint density at radius 2 is 2.05 bits per heavy atom. The number of carbonyl (C=O) groups is 1. The number of aliphatic carboxylic acids is 1. The van der Waals surface area contributed by atoms with Gasteiger partial charge in [-0.05, 0) is 32.5 Å². The van der Waals surface area contributed by atoms with Gasteiger partial charge in [0.1, 0.15) is 0 Å². The smallest absolute Gasteiger partial charge is 0.304 e. The zero-order chi connectivity index (χ0) is 15.1. The van der Waals surface area contributed by atoms with Crippen LogP contribution in [0.2, 0.25) is 0 Å². The van der Waals surface area contributed by atoms with Crippen LogP contribution in [-0.2, 0) is 11.2 Å². The maximum atomic E-state index is 10.5. The Bertz CT molecular complexity index is 566. The first-order valence-corrected chi connectivity index (χ1v) is 7.15. The topological polar surface area (TPSA) is 69.2 Å². The number of aromatic nitrogens is 2. The van der Waals surface area contributed by atoms with Crippen molar-refractivity contribution >= 4 is 5.97 Å². The Morgan fingerprint density at radius 1 is 1.29 bits per heavy atom. The number of nitrogens with zero attached hydrogens (tertiary/aromatic N) is 2. The SMILES string of the molecule is CN(CCCc1cc(-c2ccccc2)n[nH]1)CCC(=O)O. The van der Waals surface area contributed by atoms with Crippen molar-refractivity contribution in [3.8, 4) is 11.3 Å². The molecule has 0 radical (unpaired) electrons. The van der Waals surface area contributed by atoms with E-state index in [1.807, 2.05) is 42.3 Å². The van der Waals surface area contributed by atoms with E-state index in [-0.39, 0.29) is 6.42 Å². The number of hydrogen-bond acceptors (Lipinski definition) is 3. The minimum Gasteiger partial charge on any atom is -0.481 e. The standard InChI is InChI=1S/C16H21N3O2/c1-19(11-9-16(20)21)10-5-8-14-12-15(18-17-14)13-6-3-2-4-7-13/h2-4,6-7,12H,5,8-11H2,1H3,(H,17,18)(H,20,21). The molecule has 0 bridgehead atoms. The lowest BCUT2D eigenvalue weighted by molar-refractivity contribution is -0.137. The van der Waals surface area contributed by atoms with Gasteiger partial charge in [-0.3, -0.25) is 9.89 Å². The molecule has 5 heteroatoms. The molecular weight excluding hydrogens is 266 g/mol. The number of carboxylic acids is 1. The Hall–Kier alpha value is -2.14. The van der Waals surface area contributed by atoms with E-state index in [4.69, 9.17) is 5.11 Å². The predicted molar refractivity (Wildman–Crippen MR) is 82.1 cm³/mol. The molecule has 0 fully saturated rings. The summed E-state index contributed by atoms with van der Waals surface area (Å²) in [5.41, 5.74) is 3.18. The number of aromatic amines is 1. The first kappa shape index (κ1) is 15.3. The fraction of sp³-hybridized carbons (Fsp3) is 0.375. The molecule has 0 aliphatic rings. The predicted octanol–water partition coefficient (Wildman–Crippen LogP) is 2.42. The lowest BCUT2D eigenvalue weighted by Crippen LogP contribution is -2.23.